The normalized spacial score (nSPS) is 12.4. The summed E-state index contributed by atoms with van der Waals surface area (Å²) in [4.78, 5) is 8.55. The van der Waals surface area contributed by atoms with Crippen molar-refractivity contribution in [1.82, 2.24) is 0 Å². The maximum atomic E-state index is 9.87. The molecule has 0 amide bonds. The molecule has 0 atom stereocenters. The van der Waals surface area contributed by atoms with Crippen LogP contribution in [0.5, 0.6) is 0 Å². The van der Waals surface area contributed by atoms with Gasteiger partial charge in [0.05, 0.1) is 0 Å². The van der Waals surface area contributed by atoms with Gasteiger partial charge in [-0.05, 0) is 154 Å². The van der Waals surface area contributed by atoms with Crippen molar-refractivity contribution < 1.29 is 72.2 Å². The summed E-state index contributed by atoms with van der Waals surface area (Å²) in [5.41, 5.74) is 0. The van der Waals surface area contributed by atoms with Gasteiger partial charge in [0.2, 0.25) is 0 Å². The van der Waals surface area contributed by atoms with E-state index in [4.69, 9.17) is 23.9 Å². The van der Waals surface area contributed by atoms with Crippen LogP contribution >= 0.6 is 15.6 Å². The van der Waals surface area contributed by atoms with E-state index >= 15 is 0 Å². The molecule has 0 saturated heterocycles. The average molecular weight is 1230 g/mol. The van der Waals surface area contributed by atoms with E-state index in [-0.39, 0.29) is 17.1 Å². The first kappa shape index (κ1) is 68.9. The topological polar surface area (TPSA) is 105 Å². The Morgan fingerprint density at radius 2 is 0.355 bits per heavy atom. The second kappa shape index (κ2) is 30.7. The van der Waals surface area contributed by atoms with E-state index in [2.05, 4.69) is 0 Å². The third kappa shape index (κ3) is 36.8. The monoisotopic (exact) mass is 1230 g/mol. The maximum Gasteiger partial charge on any atom is 2.00 e. The molecule has 0 aliphatic heterocycles. The molecule has 417 valence electrons. The molecule has 76 heavy (non-hydrogen) atoms. The molecule has 5 nitrogen and oxygen atoms in total. The summed E-state index contributed by atoms with van der Waals surface area (Å²) in [5, 5.41) is 0. The van der Waals surface area contributed by atoms with Gasteiger partial charge >= 0.3 is 83.0 Å². The Balaban J connectivity index is 0.000000455. The van der Waals surface area contributed by atoms with Crippen LogP contribution in [0.2, 0.25) is 0 Å². The van der Waals surface area contributed by atoms with Gasteiger partial charge in [-0.25, -0.2) is 0 Å². The molecule has 0 aliphatic rings. The summed E-state index contributed by atoms with van der Waals surface area (Å²) in [6.45, 7) is 5.67. The average Bonchev–Trinajstić information content (AvgIpc) is 3.39. The van der Waals surface area contributed by atoms with Crippen molar-refractivity contribution in [2.75, 3.05) is 13.2 Å². The molecule has 0 heterocycles. The van der Waals surface area contributed by atoms with Crippen molar-refractivity contribution in [2.24, 2.45) is 0 Å². The summed E-state index contributed by atoms with van der Waals surface area (Å²) in [6, 6.07) is 79.5. The summed E-state index contributed by atoms with van der Waals surface area (Å²) in [5.74, 6) is 0. The first-order valence-corrected chi connectivity index (χ1v) is 30.7. The molecule has 1 radical (unpaired) electrons. The van der Waals surface area contributed by atoms with E-state index in [0.717, 1.165) is 52.4 Å². The molecule has 0 aliphatic carbocycles. The van der Waals surface area contributed by atoms with Gasteiger partial charge < -0.3 is 4.74 Å². The predicted octanol–water partition coefficient (Wildman–Crippen LogP) is 21.7. The molecule has 24 heteroatoms. The fourth-order valence-electron chi connectivity index (χ4n) is 5.20. The smallest absolute Gasteiger partial charge is 0.271 e. The van der Waals surface area contributed by atoms with E-state index in [1.54, 1.807) is 0 Å². The van der Waals surface area contributed by atoms with Crippen molar-refractivity contribution in [3.05, 3.63) is 243 Å². The Labute approximate surface area is 455 Å². The number of hydrogen-bond acceptors (Lipinski definition) is 5. The van der Waals surface area contributed by atoms with Crippen LogP contribution < -0.4 is 0 Å². The van der Waals surface area contributed by atoms with Crippen molar-refractivity contribution >= 4 is 58.4 Å². The number of ether oxygens (including phenoxy) is 1. The Morgan fingerprint density at radius 3 is 0.421 bits per heavy atom. The van der Waals surface area contributed by atoms with Crippen LogP contribution in [0.1, 0.15) is 13.8 Å². The first-order chi connectivity index (χ1) is 34.8. The minimum Gasteiger partial charge on any atom is -0.271 e. The molecule has 0 bridgehead atoms. The second-order valence-corrected chi connectivity index (χ2v) is 24.5. The van der Waals surface area contributed by atoms with E-state index in [1.807, 2.05) is 257 Å². The van der Waals surface area contributed by atoms with Crippen LogP contribution in [-0.4, -0.2) is 13.2 Å². The Hall–Kier alpha value is -5.14. The van der Waals surface area contributed by atoms with E-state index in [9.17, 15) is 50.4 Å². The zero-order valence-corrected chi connectivity index (χ0v) is 46.3. The fraction of sp³-hybridized carbons (Fsp3) is 0.0769. The Morgan fingerprint density at radius 1 is 0.263 bits per heavy atom. The molecule has 0 spiro atoms. The van der Waals surface area contributed by atoms with Crippen LogP contribution in [0.15, 0.2) is 282 Å². The molecule has 8 aromatic rings. The van der Waals surface area contributed by atoms with Gasteiger partial charge in [-0.15, -0.1) is 0 Å². The van der Waals surface area contributed by atoms with E-state index < -0.39 is 58.4 Å². The van der Waals surface area contributed by atoms with Crippen LogP contribution in [0.25, 0.3) is 0 Å². The van der Waals surface area contributed by atoms with Crippen LogP contribution in [0.3, 0.4) is 0 Å². The van der Waals surface area contributed by atoms with E-state index in [1.165, 1.54) is 0 Å². The molecule has 0 unspecified atom stereocenters. The quantitative estimate of drug-likeness (QED) is 0.0611. The van der Waals surface area contributed by atoms with Gasteiger partial charge in [0.15, 0.2) is 0 Å². The van der Waals surface area contributed by atoms with E-state index in [0.29, 0.717) is 0 Å². The van der Waals surface area contributed by atoms with Crippen molar-refractivity contribution in [3.63, 3.8) is 0 Å². The van der Waals surface area contributed by atoms with Crippen molar-refractivity contribution in [2.45, 2.75) is 53.0 Å². The number of benzene rings is 8. The summed E-state index contributed by atoms with van der Waals surface area (Å²) in [7, 11) is -23.5. The largest absolute Gasteiger partial charge is 2.00 e. The minimum absolute atomic E-state index is 0. The van der Waals surface area contributed by atoms with Crippen LogP contribution in [-0.2, 0) is 64.6 Å². The molecular weight excluding hydrogens is 1180 g/mol. The van der Waals surface area contributed by atoms with Crippen molar-refractivity contribution in [1.29, 1.82) is 19.1 Å². The molecule has 0 aromatic heterocycles. The van der Waals surface area contributed by atoms with Gasteiger partial charge in [-0.2, -0.15) is 0 Å². The van der Waals surface area contributed by atoms with Gasteiger partial charge in [0.1, 0.15) is 0 Å². The van der Waals surface area contributed by atoms with Gasteiger partial charge in [0.25, 0.3) is 0 Å². The minimum atomic E-state index is -10.7. The van der Waals surface area contributed by atoms with Crippen molar-refractivity contribution in [3.8, 4) is 0 Å². The number of halogens is 12. The van der Waals surface area contributed by atoms with Gasteiger partial charge in [-0.3, -0.25) is 19.1 Å². The number of rotatable bonds is 10. The third-order valence-electron chi connectivity index (χ3n) is 8.24. The summed E-state index contributed by atoms with van der Waals surface area (Å²) < 4.78 is 156. The number of hydrogen-bond donors (Lipinski definition) is 4. The Kier molecular flexibility index (Phi) is 27.8. The standard InChI is InChI=1S/4C12H11NS.C4H10O.Cu.2F6P/c4*13-14(11-7-3-1-4-8-11)12-9-5-2-6-10-12;1-3-5-4-2;;2*1-7(2,3,4,5)6/h4*1-10,13H;3-4H2,1-2H3;;;/q;;;;;+2;2*-1. The summed E-state index contributed by atoms with van der Waals surface area (Å²) in [6.07, 6.45) is 0. The SMILES string of the molecule is CCOCC.F[P-](F)(F)(F)(F)F.F[P-](F)(F)(F)(F)F.N=S(c1ccccc1)c1ccccc1.N=S(c1ccccc1)c1ccccc1.N=S(c1ccccc1)c1ccccc1.N=S(c1ccccc1)c1ccccc1.[Cu+2]. The summed E-state index contributed by atoms with van der Waals surface area (Å²) >= 11 is 0. The molecule has 0 saturated carbocycles. The second-order valence-electron chi connectivity index (χ2n) is 14.4. The molecular formula is C52H54CuF12N4OP2S4. The Bertz CT molecular complexity index is 2390. The third-order valence-corrected chi connectivity index (χ3v) is 14.2. The predicted molar refractivity (Wildman–Crippen MR) is 287 cm³/mol. The van der Waals surface area contributed by atoms with Gasteiger partial charge in [-0.1, -0.05) is 146 Å². The zero-order chi connectivity index (χ0) is 56.2. The number of nitrogens with one attached hydrogen (secondary N) is 4. The van der Waals surface area contributed by atoms with Crippen LogP contribution in [0.4, 0.5) is 50.4 Å². The molecule has 8 aromatic carbocycles. The fourth-order valence-corrected chi connectivity index (χ4v) is 9.72. The first-order valence-electron chi connectivity index (χ1n) is 21.8. The van der Waals surface area contributed by atoms with Crippen LogP contribution in [0, 0.1) is 19.1 Å². The molecule has 8 rings (SSSR count). The molecule has 0 fully saturated rings. The molecule has 4 N–H and O–H groups in total. The zero-order valence-electron chi connectivity index (χ0n) is 40.3. The van der Waals surface area contributed by atoms with Gasteiger partial charge in [0, 0.05) is 52.4 Å². The maximum absolute atomic E-state index is 10.7.